The number of aliphatic imine (C=N–C) groups is 1. The van der Waals surface area contributed by atoms with Crippen LogP contribution in [0.4, 0.5) is 0 Å². The highest BCUT2D eigenvalue weighted by atomic mass is 16.5. The molecule has 1 heterocycles. The predicted octanol–water partition coefficient (Wildman–Crippen LogP) is 2.95. The summed E-state index contributed by atoms with van der Waals surface area (Å²) in [6.45, 7) is 6.25. The van der Waals surface area contributed by atoms with Crippen molar-refractivity contribution in [2.45, 2.75) is 26.3 Å². The lowest BCUT2D eigenvalue weighted by Crippen LogP contribution is -2.39. The number of nitrogens with one attached hydrogen (secondary N) is 2. The van der Waals surface area contributed by atoms with Gasteiger partial charge in [-0.3, -0.25) is 9.98 Å². The van der Waals surface area contributed by atoms with Crippen LogP contribution in [0.5, 0.6) is 5.75 Å². The van der Waals surface area contributed by atoms with Crippen molar-refractivity contribution in [2.75, 3.05) is 20.2 Å². The van der Waals surface area contributed by atoms with E-state index in [2.05, 4.69) is 46.6 Å². The first-order valence-electron chi connectivity index (χ1n) is 8.26. The molecule has 2 aromatic rings. The molecule has 0 radical (unpaired) electrons. The molecule has 0 aliphatic rings. The lowest BCUT2D eigenvalue weighted by atomic mass is 10.0. The van der Waals surface area contributed by atoms with E-state index in [-0.39, 0.29) is 0 Å². The Morgan fingerprint density at radius 3 is 2.54 bits per heavy atom. The van der Waals surface area contributed by atoms with Gasteiger partial charge < -0.3 is 15.4 Å². The molecule has 1 aromatic carbocycles. The number of pyridine rings is 1. The Hall–Kier alpha value is -2.56. The molecule has 0 spiro atoms. The highest BCUT2D eigenvalue weighted by Crippen LogP contribution is 2.18. The quantitative estimate of drug-likeness (QED) is 0.467. The van der Waals surface area contributed by atoms with E-state index < -0.39 is 0 Å². The predicted molar refractivity (Wildman–Crippen MR) is 98.5 cm³/mol. The summed E-state index contributed by atoms with van der Waals surface area (Å²) in [6.07, 6.45) is 1.78. The van der Waals surface area contributed by atoms with Gasteiger partial charge in [0.2, 0.25) is 0 Å². The number of benzene rings is 1. The monoisotopic (exact) mass is 326 g/mol. The number of hydrogen-bond acceptors (Lipinski definition) is 3. The van der Waals surface area contributed by atoms with E-state index in [0.717, 1.165) is 17.4 Å². The van der Waals surface area contributed by atoms with Gasteiger partial charge in [0.15, 0.2) is 5.96 Å². The van der Waals surface area contributed by atoms with E-state index in [4.69, 9.17) is 4.74 Å². The summed E-state index contributed by atoms with van der Waals surface area (Å²) < 4.78 is 5.74. The maximum atomic E-state index is 5.74. The second-order valence-electron chi connectivity index (χ2n) is 5.75. The zero-order valence-electron chi connectivity index (χ0n) is 14.6. The smallest absolute Gasteiger partial charge is 0.191 e. The van der Waals surface area contributed by atoms with Gasteiger partial charge in [-0.2, -0.15) is 0 Å². The van der Waals surface area contributed by atoms with Crippen LogP contribution in [-0.2, 0) is 6.54 Å². The van der Waals surface area contributed by atoms with Crippen LogP contribution in [-0.4, -0.2) is 31.1 Å². The van der Waals surface area contributed by atoms with E-state index >= 15 is 0 Å². The molecule has 5 nitrogen and oxygen atoms in total. The van der Waals surface area contributed by atoms with Gasteiger partial charge in [-0.05, 0) is 35.7 Å². The van der Waals surface area contributed by atoms with Crippen LogP contribution in [0.1, 0.15) is 31.0 Å². The molecular weight excluding hydrogens is 300 g/mol. The van der Waals surface area contributed by atoms with E-state index in [1.165, 1.54) is 5.56 Å². The molecule has 5 heteroatoms. The first-order chi connectivity index (χ1) is 11.7. The molecule has 0 bridgehead atoms. The maximum Gasteiger partial charge on any atom is 0.191 e. The standard InChI is InChI=1S/C19H26N4O/c1-15(2)16-7-9-18(10-8-16)24-13-12-22-19(20-3)23-14-17-6-4-5-11-21-17/h4-11,15H,12-14H2,1-3H3,(H2,20,22,23). The molecule has 2 N–H and O–H groups in total. The lowest BCUT2D eigenvalue weighted by Gasteiger charge is -2.12. The number of nitrogens with zero attached hydrogens (tertiary/aromatic N) is 2. The van der Waals surface area contributed by atoms with Gasteiger partial charge in [-0.1, -0.05) is 32.0 Å². The summed E-state index contributed by atoms with van der Waals surface area (Å²) in [5.41, 5.74) is 2.29. The average Bonchev–Trinajstić information content (AvgIpc) is 2.62. The molecule has 0 aliphatic heterocycles. The third kappa shape index (κ3) is 5.91. The minimum Gasteiger partial charge on any atom is -0.492 e. The number of aromatic nitrogens is 1. The SMILES string of the molecule is CN=C(NCCOc1ccc(C(C)C)cc1)NCc1ccccn1. The van der Waals surface area contributed by atoms with Crippen LogP contribution >= 0.6 is 0 Å². The molecule has 1 aromatic heterocycles. The second kappa shape index (κ2) is 9.55. The van der Waals surface area contributed by atoms with Gasteiger partial charge in [-0.25, -0.2) is 0 Å². The fourth-order valence-corrected chi connectivity index (χ4v) is 2.18. The number of guanidine groups is 1. The van der Waals surface area contributed by atoms with Crippen LogP contribution in [0.3, 0.4) is 0 Å². The molecule has 0 amide bonds. The van der Waals surface area contributed by atoms with Crippen molar-refractivity contribution in [1.82, 2.24) is 15.6 Å². The Balaban J connectivity index is 1.68. The van der Waals surface area contributed by atoms with E-state index in [1.807, 2.05) is 30.3 Å². The van der Waals surface area contributed by atoms with Gasteiger partial charge in [0.1, 0.15) is 12.4 Å². The Bertz CT molecular complexity index is 624. The van der Waals surface area contributed by atoms with Gasteiger partial charge in [-0.15, -0.1) is 0 Å². The Morgan fingerprint density at radius 2 is 1.92 bits per heavy atom. The highest BCUT2D eigenvalue weighted by Gasteiger charge is 2.01. The van der Waals surface area contributed by atoms with Gasteiger partial charge >= 0.3 is 0 Å². The van der Waals surface area contributed by atoms with Crippen molar-refractivity contribution in [2.24, 2.45) is 4.99 Å². The molecule has 0 saturated carbocycles. The lowest BCUT2D eigenvalue weighted by molar-refractivity contribution is 0.322. The Labute approximate surface area is 144 Å². The number of rotatable bonds is 7. The van der Waals surface area contributed by atoms with E-state index in [9.17, 15) is 0 Å². The van der Waals surface area contributed by atoms with Crippen LogP contribution in [0.2, 0.25) is 0 Å². The summed E-state index contributed by atoms with van der Waals surface area (Å²) >= 11 is 0. The van der Waals surface area contributed by atoms with Crippen molar-refractivity contribution in [3.05, 3.63) is 59.9 Å². The molecule has 24 heavy (non-hydrogen) atoms. The minimum atomic E-state index is 0.536. The molecule has 128 valence electrons. The van der Waals surface area contributed by atoms with E-state index in [1.54, 1.807) is 13.2 Å². The van der Waals surface area contributed by atoms with Crippen LogP contribution in [0, 0.1) is 0 Å². The summed E-state index contributed by atoms with van der Waals surface area (Å²) in [5.74, 6) is 2.16. The van der Waals surface area contributed by atoms with Gasteiger partial charge in [0.25, 0.3) is 0 Å². The largest absolute Gasteiger partial charge is 0.492 e. The summed E-state index contributed by atoms with van der Waals surface area (Å²) in [4.78, 5) is 8.46. The molecule has 0 aliphatic carbocycles. The van der Waals surface area contributed by atoms with Crippen LogP contribution < -0.4 is 15.4 Å². The van der Waals surface area contributed by atoms with Crippen molar-refractivity contribution < 1.29 is 4.74 Å². The molecule has 0 unspecified atom stereocenters. The third-order valence-electron chi connectivity index (χ3n) is 3.60. The summed E-state index contributed by atoms with van der Waals surface area (Å²) in [5, 5.41) is 6.45. The Morgan fingerprint density at radius 1 is 1.12 bits per heavy atom. The zero-order chi connectivity index (χ0) is 17.2. The molecule has 2 rings (SSSR count). The average molecular weight is 326 g/mol. The number of ether oxygens (including phenoxy) is 1. The topological polar surface area (TPSA) is 58.5 Å². The number of hydrogen-bond donors (Lipinski definition) is 2. The minimum absolute atomic E-state index is 0.536. The van der Waals surface area contributed by atoms with Crippen molar-refractivity contribution in [1.29, 1.82) is 0 Å². The molecule has 0 atom stereocenters. The Kier molecular flexibility index (Phi) is 7.08. The fourth-order valence-electron chi connectivity index (χ4n) is 2.18. The molecule has 0 saturated heterocycles. The third-order valence-corrected chi connectivity index (χ3v) is 3.60. The van der Waals surface area contributed by atoms with Crippen molar-refractivity contribution in [3.8, 4) is 5.75 Å². The first-order valence-corrected chi connectivity index (χ1v) is 8.26. The molecule has 0 fully saturated rings. The highest BCUT2D eigenvalue weighted by molar-refractivity contribution is 5.79. The zero-order valence-corrected chi connectivity index (χ0v) is 14.6. The van der Waals surface area contributed by atoms with Crippen LogP contribution in [0.15, 0.2) is 53.7 Å². The first kappa shape index (κ1) is 17.8. The van der Waals surface area contributed by atoms with E-state index in [0.29, 0.717) is 25.6 Å². The van der Waals surface area contributed by atoms with Crippen molar-refractivity contribution in [3.63, 3.8) is 0 Å². The van der Waals surface area contributed by atoms with Gasteiger partial charge in [0.05, 0.1) is 18.8 Å². The summed E-state index contributed by atoms with van der Waals surface area (Å²) in [7, 11) is 1.75. The second-order valence-corrected chi connectivity index (χ2v) is 5.75. The van der Waals surface area contributed by atoms with Crippen molar-refractivity contribution >= 4 is 5.96 Å². The van der Waals surface area contributed by atoms with Gasteiger partial charge in [0, 0.05) is 13.2 Å². The summed E-state index contributed by atoms with van der Waals surface area (Å²) in [6, 6.07) is 14.1. The van der Waals surface area contributed by atoms with Crippen LogP contribution in [0.25, 0.3) is 0 Å². The fraction of sp³-hybridized carbons (Fsp3) is 0.368. The normalized spacial score (nSPS) is 11.4. The maximum absolute atomic E-state index is 5.74. The molecular formula is C19H26N4O.